The maximum atomic E-state index is 4.06. The summed E-state index contributed by atoms with van der Waals surface area (Å²) in [4.78, 5) is 0. The summed E-state index contributed by atoms with van der Waals surface area (Å²) in [5, 5.41) is 16.1. The predicted molar refractivity (Wildman–Crippen MR) is 69.1 cm³/mol. The third-order valence-electron chi connectivity index (χ3n) is 2.52. The molecule has 1 aromatic heterocycles. The molecule has 1 fully saturated rings. The van der Waals surface area contributed by atoms with Gasteiger partial charge < -0.3 is 5.32 Å². The molecule has 94 valence electrons. The number of nitrogens with zero attached hydrogens (tertiary/aromatic N) is 4. The van der Waals surface area contributed by atoms with E-state index in [4.69, 9.17) is 0 Å². The van der Waals surface area contributed by atoms with E-state index in [9.17, 15) is 0 Å². The molecule has 6 heteroatoms. The van der Waals surface area contributed by atoms with Crippen molar-refractivity contribution >= 4 is 11.8 Å². The van der Waals surface area contributed by atoms with Crippen molar-refractivity contribution in [3.8, 4) is 0 Å². The standard InChI is InChI=1S/C11H19N5S/c1-8(2)12-6-9(3)7-17-11-13-14-15-16(11)10-4-5-10/h8,10,12H,3-7H2,1-2H3. The van der Waals surface area contributed by atoms with E-state index in [1.807, 2.05) is 4.68 Å². The lowest BCUT2D eigenvalue weighted by atomic mass is 10.3. The van der Waals surface area contributed by atoms with Gasteiger partial charge in [0.1, 0.15) is 0 Å². The average Bonchev–Trinajstić information content (AvgIpc) is 3.03. The van der Waals surface area contributed by atoms with Crippen LogP contribution in [0.2, 0.25) is 0 Å². The van der Waals surface area contributed by atoms with Crippen molar-refractivity contribution in [3.05, 3.63) is 12.2 Å². The first-order valence-corrected chi connectivity index (χ1v) is 6.96. The van der Waals surface area contributed by atoms with E-state index in [1.165, 1.54) is 18.4 Å². The molecule has 1 aromatic rings. The molecular weight excluding hydrogens is 234 g/mol. The van der Waals surface area contributed by atoms with Crippen molar-refractivity contribution in [1.29, 1.82) is 0 Å². The van der Waals surface area contributed by atoms with Crippen LogP contribution in [0.4, 0.5) is 0 Å². The SMILES string of the molecule is C=C(CNC(C)C)CSc1nnnn1C1CC1. The number of aromatic nitrogens is 4. The van der Waals surface area contributed by atoms with Gasteiger partial charge in [0.2, 0.25) is 5.16 Å². The lowest BCUT2D eigenvalue weighted by Crippen LogP contribution is -2.25. The van der Waals surface area contributed by atoms with E-state index in [0.717, 1.165) is 17.5 Å². The summed E-state index contributed by atoms with van der Waals surface area (Å²) in [6.45, 7) is 9.18. The van der Waals surface area contributed by atoms with Crippen molar-refractivity contribution in [3.63, 3.8) is 0 Å². The molecule has 0 aliphatic heterocycles. The molecule has 1 aliphatic carbocycles. The van der Waals surface area contributed by atoms with Crippen LogP contribution in [0.1, 0.15) is 32.7 Å². The Kier molecular flexibility index (Phi) is 4.17. The normalized spacial score (nSPS) is 15.5. The third kappa shape index (κ3) is 3.81. The third-order valence-corrected chi connectivity index (χ3v) is 3.60. The summed E-state index contributed by atoms with van der Waals surface area (Å²) in [6, 6.07) is 1.03. The maximum absolute atomic E-state index is 4.06. The first-order chi connectivity index (χ1) is 8.16. The van der Waals surface area contributed by atoms with Gasteiger partial charge in [-0.25, -0.2) is 4.68 Å². The molecular formula is C11H19N5S. The molecule has 1 N–H and O–H groups in total. The van der Waals surface area contributed by atoms with Crippen LogP contribution < -0.4 is 5.32 Å². The fourth-order valence-corrected chi connectivity index (χ4v) is 2.24. The first-order valence-electron chi connectivity index (χ1n) is 5.97. The number of nitrogens with one attached hydrogen (secondary N) is 1. The molecule has 1 aliphatic rings. The highest BCUT2D eigenvalue weighted by Gasteiger charge is 2.27. The summed E-state index contributed by atoms with van der Waals surface area (Å²) in [5.74, 6) is 0.868. The molecule has 17 heavy (non-hydrogen) atoms. The van der Waals surface area contributed by atoms with Crippen molar-refractivity contribution in [2.45, 2.75) is 43.9 Å². The summed E-state index contributed by atoms with van der Waals surface area (Å²) in [7, 11) is 0. The molecule has 1 saturated carbocycles. The number of hydrogen-bond donors (Lipinski definition) is 1. The predicted octanol–water partition coefficient (Wildman–Crippen LogP) is 1.65. The zero-order valence-corrected chi connectivity index (χ0v) is 11.2. The molecule has 0 radical (unpaired) electrons. The van der Waals surface area contributed by atoms with Gasteiger partial charge in [-0.1, -0.05) is 37.8 Å². The van der Waals surface area contributed by atoms with Crippen LogP contribution in [0.3, 0.4) is 0 Å². The van der Waals surface area contributed by atoms with Crippen LogP contribution in [0.5, 0.6) is 0 Å². The Labute approximate surface area is 106 Å². The minimum atomic E-state index is 0.494. The van der Waals surface area contributed by atoms with Crippen LogP contribution >= 0.6 is 11.8 Å². The highest BCUT2D eigenvalue weighted by Crippen LogP contribution is 2.36. The Morgan fingerprint density at radius 1 is 1.59 bits per heavy atom. The second-order valence-electron chi connectivity index (χ2n) is 4.71. The van der Waals surface area contributed by atoms with Crippen LogP contribution in [0.15, 0.2) is 17.3 Å². The molecule has 0 amide bonds. The highest BCUT2D eigenvalue weighted by molar-refractivity contribution is 7.99. The molecule has 2 rings (SSSR count). The van der Waals surface area contributed by atoms with Gasteiger partial charge in [0.25, 0.3) is 0 Å². The molecule has 0 unspecified atom stereocenters. The largest absolute Gasteiger partial charge is 0.311 e. The van der Waals surface area contributed by atoms with Gasteiger partial charge in [-0.2, -0.15) is 0 Å². The Morgan fingerprint density at radius 2 is 2.35 bits per heavy atom. The maximum Gasteiger partial charge on any atom is 0.209 e. The summed E-state index contributed by atoms with van der Waals surface area (Å²) < 4.78 is 1.94. The second-order valence-corrected chi connectivity index (χ2v) is 5.65. The summed E-state index contributed by atoms with van der Waals surface area (Å²) in [5.41, 5.74) is 1.18. The van der Waals surface area contributed by atoms with E-state index >= 15 is 0 Å². The van der Waals surface area contributed by atoms with Gasteiger partial charge in [-0.05, 0) is 23.3 Å². The summed E-state index contributed by atoms with van der Waals surface area (Å²) in [6.07, 6.45) is 2.41. The molecule has 5 nitrogen and oxygen atoms in total. The highest BCUT2D eigenvalue weighted by atomic mass is 32.2. The van der Waals surface area contributed by atoms with Gasteiger partial charge in [0.05, 0.1) is 6.04 Å². The van der Waals surface area contributed by atoms with Crippen LogP contribution in [0, 0.1) is 0 Å². The quantitative estimate of drug-likeness (QED) is 0.591. The summed E-state index contributed by atoms with van der Waals surface area (Å²) >= 11 is 1.67. The van der Waals surface area contributed by atoms with E-state index in [0.29, 0.717) is 12.1 Å². The molecule has 0 atom stereocenters. The van der Waals surface area contributed by atoms with E-state index < -0.39 is 0 Å². The van der Waals surface area contributed by atoms with E-state index in [1.54, 1.807) is 11.8 Å². The fraction of sp³-hybridized carbons (Fsp3) is 0.727. The molecule has 0 saturated heterocycles. The number of hydrogen-bond acceptors (Lipinski definition) is 5. The lowest BCUT2D eigenvalue weighted by molar-refractivity contribution is 0.565. The Bertz CT molecular complexity index is 383. The van der Waals surface area contributed by atoms with Gasteiger partial charge in [0, 0.05) is 18.3 Å². The first kappa shape index (κ1) is 12.6. The minimum absolute atomic E-state index is 0.494. The van der Waals surface area contributed by atoms with Gasteiger partial charge in [-0.15, -0.1) is 5.10 Å². The smallest absolute Gasteiger partial charge is 0.209 e. The molecule has 0 aromatic carbocycles. The monoisotopic (exact) mass is 253 g/mol. The number of thioether (sulfide) groups is 1. The fourth-order valence-electron chi connectivity index (χ4n) is 1.39. The lowest BCUT2D eigenvalue weighted by Gasteiger charge is -2.09. The van der Waals surface area contributed by atoms with E-state index in [2.05, 4.69) is 41.3 Å². The number of rotatable bonds is 7. The Morgan fingerprint density at radius 3 is 3.00 bits per heavy atom. The minimum Gasteiger partial charge on any atom is -0.311 e. The van der Waals surface area contributed by atoms with Gasteiger partial charge in [0.15, 0.2) is 0 Å². The van der Waals surface area contributed by atoms with Crippen LogP contribution in [0.25, 0.3) is 0 Å². The van der Waals surface area contributed by atoms with Crippen LogP contribution in [-0.2, 0) is 0 Å². The van der Waals surface area contributed by atoms with Crippen LogP contribution in [-0.4, -0.2) is 38.5 Å². The van der Waals surface area contributed by atoms with Crippen molar-refractivity contribution in [2.75, 3.05) is 12.3 Å². The zero-order valence-electron chi connectivity index (χ0n) is 10.4. The molecule has 0 spiro atoms. The van der Waals surface area contributed by atoms with Crippen molar-refractivity contribution in [2.24, 2.45) is 0 Å². The topological polar surface area (TPSA) is 55.6 Å². The Balaban J connectivity index is 1.77. The second kappa shape index (κ2) is 5.64. The molecule has 0 bridgehead atoms. The molecule has 1 heterocycles. The van der Waals surface area contributed by atoms with Gasteiger partial charge in [-0.3, -0.25) is 0 Å². The van der Waals surface area contributed by atoms with Crippen molar-refractivity contribution in [1.82, 2.24) is 25.5 Å². The van der Waals surface area contributed by atoms with E-state index in [-0.39, 0.29) is 0 Å². The average molecular weight is 253 g/mol. The van der Waals surface area contributed by atoms with Gasteiger partial charge >= 0.3 is 0 Å². The number of tetrazole rings is 1. The Hall–Kier alpha value is -0.880. The zero-order chi connectivity index (χ0) is 12.3. The van der Waals surface area contributed by atoms with Crippen molar-refractivity contribution < 1.29 is 0 Å².